The highest BCUT2D eigenvalue weighted by Gasteiger charge is 2.28. The molecule has 1 aromatic rings. The molecule has 0 bridgehead atoms. The van der Waals surface area contributed by atoms with E-state index in [-0.39, 0.29) is 17.2 Å². The average Bonchev–Trinajstić information content (AvgIpc) is 2.88. The number of aromatic hydroxyl groups is 1. The molecule has 0 aliphatic carbocycles. The van der Waals surface area contributed by atoms with E-state index in [1.165, 1.54) is 32.1 Å². The Balaban J connectivity index is 3.40. The molecule has 6 heteroatoms. The molecule has 0 aliphatic heterocycles. The number of ether oxygens (including phenoxy) is 3. The van der Waals surface area contributed by atoms with Crippen molar-refractivity contribution in [2.24, 2.45) is 0 Å². The van der Waals surface area contributed by atoms with Crippen LogP contribution in [0.3, 0.4) is 0 Å². The molecule has 0 fully saturated rings. The molecule has 1 aromatic carbocycles. The molecule has 0 aliphatic rings. The van der Waals surface area contributed by atoms with Gasteiger partial charge < -0.3 is 24.4 Å². The molecule has 0 heterocycles. The number of unbranched alkanes of at least 4 members (excludes halogenated alkanes) is 12. The summed E-state index contributed by atoms with van der Waals surface area (Å²) < 4.78 is 17.7. The highest BCUT2D eigenvalue weighted by atomic mass is 16.7. The Bertz CT molecular complexity index is 746. The van der Waals surface area contributed by atoms with Crippen LogP contribution in [-0.2, 0) is 12.8 Å². The van der Waals surface area contributed by atoms with Crippen LogP contribution >= 0.6 is 0 Å². The summed E-state index contributed by atoms with van der Waals surface area (Å²) in [5.41, 5.74) is 1.70. The lowest BCUT2D eigenvalue weighted by molar-refractivity contribution is 0.139. The minimum absolute atomic E-state index is 0.110. The number of rotatable bonds is 23. The summed E-state index contributed by atoms with van der Waals surface area (Å²) in [5.74, 6) is 0.587. The molecule has 1 rings (SSSR count). The smallest absolute Gasteiger partial charge is 0.504 e. The van der Waals surface area contributed by atoms with Crippen molar-refractivity contribution in [3.63, 3.8) is 0 Å². The van der Waals surface area contributed by atoms with Gasteiger partial charge in [0.25, 0.3) is 0 Å². The molecule has 214 valence electrons. The maximum Gasteiger partial charge on any atom is 0.511 e. The van der Waals surface area contributed by atoms with Crippen LogP contribution in [0.1, 0.15) is 142 Å². The molecule has 37 heavy (non-hydrogen) atoms. The lowest BCUT2D eigenvalue weighted by Crippen LogP contribution is -2.12. The molecular formula is C31H54O6. The van der Waals surface area contributed by atoms with Crippen molar-refractivity contribution >= 4 is 6.16 Å². The standard InChI is InChI=1S/C31H54O6/c1-5-9-13-15-19-23-35-28-26(22-18-12-8-4)25(21-17-11-7-3)27(32)29(37-31(33)34)30(28)36-24-20-16-14-10-6-2/h32H,5-24H2,1-4H3,(H,33,34). The molecule has 0 aromatic heterocycles. The molecule has 0 saturated heterocycles. The van der Waals surface area contributed by atoms with E-state index in [4.69, 9.17) is 14.2 Å². The fraction of sp³-hybridized carbons (Fsp3) is 0.774. The summed E-state index contributed by atoms with van der Waals surface area (Å²) in [4.78, 5) is 11.6. The summed E-state index contributed by atoms with van der Waals surface area (Å²) in [6.45, 7) is 9.66. The maximum absolute atomic E-state index is 11.6. The Hall–Kier alpha value is -2.11. The van der Waals surface area contributed by atoms with E-state index in [0.717, 1.165) is 88.2 Å². The number of carbonyl (C=O) groups is 1. The SMILES string of the molecule is CCCCCCCOc1c(CCCCC)c(CCCCC)c(O)c(OC(=O)O)c1OCCCCCCC. The van der Waals surface area contributed by atoms with Gasteiger partial charge in [-0.1, -0.05) is 105 Å². The van der Waals surface area contributed by atoms with Crippen molar-refractivity contribution in [2.75, 3.05) is 13.2 Å². The predicted octanol–water partition coefficient (Wildman–Crippen LogP) is 9.61. The van der Waals surface area contributed by atoms with Gasteiger partial charge in [0.05, 0.1) is 13.2 Å². The number of hydrogen-bond donors (Lipinski definition) is 2. The van der Waals surface area contributed by atoms with Crippen molar-refractivity contribution in [1.82, 2.24) is 0 Å². The van der Waals surface area contributed by atoms with Gasteiger partial charge in [0.2, 0.25) is 11.5 Å². The lowest BCUT2D eigenvalue weighted by atomic mass is 9.94. The Morgan fingerprint density at radius 1 is 0.568 bits per heavy atom. The highest BCUT2D eigenvalue weighted by molar-refractivity contribution is 5.72. The number of benzene rings is 1. The molecule has 0 radical (unpaired) electrons. The third kappa shape index (κ3) is 12.8. The van der Waals surface area contributed by atoms with Crippen molar-refractivity contribution in [1.29, 1.82) is 0 Å². The first kappa shape index (κ1) is 32.9. The quantitative estimate of drug-likeness (QED) is 0.0845. The summed E-state index contributed by atoms with van der Waals surface area (Å²) in [6, 6.07) is 0. The molecule has 0 amide bonds. The van der Waals surface area contributed by atoms with Gasteiger partial charge in [0.15, 0.2) is 11.5 Å². The minimum Gasteiger partial charge on any atom is -0.504 e. The monoisotopic (exact) mass is 522 g/mol. The van der Waals surface area contributed by atoms with Crippen LogP contribution in [-0.4, -0.2) is 29.6 Å². The molecule has 2 N–H and O–H groups in total. The van der Waals surface area contributed by atoms with E-state index in [0.29, 0.717) is 25.4 Å². The van der Waals surface area contributed by atoms with Crippen LogP contribution in [0, 0.1) is 0 Å². The van der Waals surface area contributed by atoms with Crippen LogP contribution in [0.4, 0.5) is 4.79 Å². The van der Waals surface area contributed by atoms with Crippen LogP contribution in [0.25, 0.3) is 0 Å². The Labute approximate surface area is 226 Å². The predicted molar refractivity (Wildman–Crippen MR) is 152 cm³/mol. The summed E-state index contributed by atoms with van der Waals surface area (Å²) >= 11 is 0. The number of phenolic OH excluding ortho intramolecular Hbond substituents is 1. The first-order chi connectivity index (χ1) is 18.0. The number of phenols is 1. The first-order valence-corrected chi connectivity index (χ1v) is 15.1. The maximum atomic E-state index is 11.6. The third-order valence-electron chi connectivity index (χ3n) is 6.79. The second-order valence-corrected chi connectivity index (χ2v) is 10.1. The van der Waals surface area contributed by atoms with Crippen LogP contribution < -0.4 is 14.2 Å². The van der Waals surface area contributed by atoms with Gasteiger partial charge in [0, 0.05) is 11.1 Å². The van der Waals surface area contributed by atoms with Gasteiger partial charge in [-0.15, -0.1) is 0 Å². The largest absolute Gasteiger partial charge is 0.511 e. The van der Waals surface area contributed by atoms with E-state index in [1.54, 1.807) is 0 Å². The van der Waals surface area contributed by atoms with Gasteiger partial charge in [0.1, 0.15) is 0 Å². The molecule has 0 spiro atoms. The highest BCUT2D eigenvalue weighted by Crippen LogP contribution is 2.50. The fourth-order valence-corrected chi connectivity index (χ4v) is 4.63. The minimum atomic E-state index is -1.47. The fourth-order valence-electron chi connectivity index (χ4n) is 4.63. The summed E-state index contributed by atoms with van der Waals surface area (Å²) in [5, 5.41) is 20.8. The zero-order valence-electron chi connectivity index (χ0n) is 24.2. The Kier molecular flexibility index (Phi) is 18.6. The lowest BCUT2D eigenvalue weighted by Gasteiger charge is -2.23. The Morgan fingerprint density at radius 2 is 1.00 bits per heavy atom. The summed E-state index contributed by atoms with van der Waals surface area (Å²) in [6.07, 6.45) is 17.1. The molecule has 0 atom stereocenters. The molecule has 6 nitrogen and oxygen atoms in total. The Morgan fingerprint density at radius 3 is 1.49 bits per heavy atom. The second-order valence-electron chi connectivity index (χ2n) is 10.1. The normalized spacial score (nSPS) is 11.0. The van der Waals surface area contributed by atoms with Crippen molar-refractivity contribution in [2.45, 2.75) is 143 Å². The van der Waals surface area contributed by atoms with E-state index in [1.807, 2.05) is 0 Å². The van der Waals surface area contributed by atoms with Crippen molar-refractivity contribution in [3.05, 3.63) is 11.1 Å². The van der Waals surface area contributed by atoms with Crippen LogP contribution in [0.5, 0.6) is 23.0 Å². The van der Waals surface area contributed by atoms with Gasteiger partial charge in [-0.25, -0.2) is 4.79 Å². The van der Waals surface area contributed by atoms with E-state index < -0.39 is 6.16 Å². The van der Waals surface area contributed by atoms with Crippen LogP contribution in [0.2, 0.25) is 0 Å². The average molecular weight is 523 g/mol. The second kappa shape index (κ2) is 20.9. The van der Waals surface area contributed by atoms with Crippen LogP contribution in [0.15, 0.2) is 0 Å². The zero-order chi connectivity index (χ0) is 27.3. The zero-order valence-corrected chi connectivity index (χ0v) is 24.2. The summed E-state index contributed by atoms with van der Waals surface area (Å²) in [7, 11) is 0. The number of hydrogen-bond acceptors (Lipinski definition) is 5. The van der Waals surface area contributed by atoms with Crippen molar-refractivity contribution in [3.8, 4) is 23.0 Å². The molecule has 0 saturated carbocycles. The third-order valence-corrected chi connectivity index (χ3v) is 6.79. The molecule has 0 unspecified atom stereocenters. The van der Waals surface area contributed by atoms with E-state index in [9.17, 15) is 15.0 Å². The van der Waals surface area contributed by atoms with Gasteiger partial charge in [-0.2, -0.15) is 0 Å². The van der Waals surface area contributed by atoms with Crippen molar-refractivity contribution < 1.29 is 29.2 Å². The van der Waals surface area contributed by atoms with Gasteiger partial charge >= 0.3 is 6.16 Å². The first-order valence-electron chi connectivity index (χ1n) is 15.1. The number of carboxylic acid groups (broad SMARTS) is 1. The van der Waals surface area contributed by atoms with E-state index >= 15 is 0 Å². The topological polar surface area (TPSA) is 85.2 Å². The molecular weight excluding hydrogens is 468 g/mol. The van der Waals surface area contributed by atoms with Gasteiger partial charge in [-0.3, -0.25) is 0 Å². The van der Waals surface area contributed by atoms with Gasteiger partial charge in [-0.05, 0) is 38.5 Å². The van der Waals surface area contributed by atoms with E-state index in [2.05, 4.69) is 27.7 Å².